The fourth-order valence-corrected chi connectivity index (χ4v) is 3.11. The second-order valence-electron chi connectivity index (χ2n) is 6.55. The molecule has 0 saturated heterocycles. The second kappa shape index (κ2) is 8.59. The molecule has 2 heterocycles. The molecule has 3 N–H and O–H groups in total. The van der Waals surface area contributed by atoms with Crippen molar-refractivity contribution in [3.05, 3.63) is 69.1 Å². The lowest BCUT2D eigenvalue weighted by Crippen LogP contribution is -2.41. The van der Waals surface area contributed by atoms with E-state index in [0.717, 1.165) is 18.5 Å². The molecule has 2 aromatic heterocycles. The molecular formula is C20H24N6O3. The van der Waals surface area contributed by atoms with Gasteiger partial charge in [0.2, 0.25) is 0 Å². The molecule has 0 spiro atoms. The van der Waals surface area contributed by atoms with Crippen molar-refractivity contribution in [3.8, 4) is 5.69 Å². The highest BCUT2D eigenvalue weighted by molar-refractivity contribution is 6.07. The summed E-state index contributed by atoms with van der Waals surface area (Å²) in [6.45, 7) is 4.33. The van der Waals surface area contributed by atoms with Gasteiger partial charge in [0.25, 0.3) is 11.5 Å². The predicted molar refractivity (Wildman–Crippen MR) is 112 cm³/mol. The summed E-state index contributed by atoms with van der Waals surface area (Å²) in [7, 11) is 0. The number of aromatic amines is 1. The number of carbonyl (C=O) groups excluding carboxylic acids is 1. The average Bonchev–Trinajstić information content (AvgIpc) is 3.25. The Bertz CT molecular complexity index is 1100. The number of rotatable bonds is 7. The number of nitrogens with two attached hydrogens (primary N) is 1. The number of H-pyrrole nitrogens is 1. The Kier molecular flexibility index (Phi) is 5.96. The van der Waals surface area contributed by atoms with E-state index in [2.05, 4.69) is 10.1 Å². The maximum atomic E-state index is 13.1. The Balaban J connectivity index is 1.98. The smallest absolute Gasteiger partial charge is 0.330 e. The molecule has 0 aliphatic heterocycles. The molecule has 3 rings (SSSR count). The molecular weight excluding hydrogens is 372 g/mol. The lowest BCUT2D eigenvalue weighted by molar-refractivity contribution is 0.0988. The highest BCUT2D eigenvalue weighted by Gasteiger charge is 2.24. The van der Waals surface area contributed by atoms with Crippen molar-refractivity contribution < 1.29 is 4.79 Å². The largest absolute Gasteiger partial charge is 0.383 e. The fourth-order valence-electron chi connectivity index (χ4n) is 3.11. The summed E-state index contributed by atoms with van der Waals surface area (Å²) in [5.74, 6) is -0.382. The number of hydrogen-bond acceptors (Lipinski definition) is 5. The summed E-state index contributed by atoms with van der Waals surface area (Å²) in [5, 5.41) is 4.15. The zero-order valence-corrected chi connectivity index (χ0v) is 16.5. The van der Waals surface area contributed by atoms with Crippen LogP contribution in [0.1, 0.15) is 37.0 Å². The van der Waals surface area contributed by atoms with Gasteiger partial charge >= 0.3 is 5.69 Å². The number of anilines is 2. The van der Waals surface area contributed by atoms with Crippen molar-refractivity contribution in [1.82, 2.24) is 19.3 Å². The Morgan fingerprint density at radius 1 is 1.21 bits per heavy atom. The number of hydrogen-bond donors (Lipinski definition) is 2. The van der Waals surface area contributed by atoms with Gasteiger partial charge in [-0.05, 0) is 43.7 Å². The number of benzene rings is 1. The molecule has 0 aliphatic carbocycles. The van der Waals surface area contributed by atoms with Crippen molar-refractivity contribution in [3.63, 3.8) is 0 Å². The molecule has 0 aliphatic rings. The number of unbranched alkanes of at least 4 members (excludes halogenated alkanes) is 1. The number of aromatic nitrogens is 4. The van der Waals surface area contributed by atoms with Crippen LogP contribution < -0.4 is 21.9 Å². The molecule has 152 valence electrons. The first-order valence-electron chi connectivity index (χ1n) is 9.52. The highest BCUT2D eigenvalue weighted by Crippen LogP contribution is 2.20. The molecule has 9 nitrogen and oxygen atoms in total. The lowest BCUT2D eigenvalue weighted by atomic mass is 10.1. The molecule has 29 heavy (non-hydrogen) atoms. The third-order valence-corrected chi connectivity index (χ3v) is 4.66. The molecule has 0 bridgehead atoms. The van der Waals surface area contributed by atoms with E-state index in [-0.39, 0.29) is 24.0 Å². The summed E-state index contributed by atoms with van der Waals surface area (Å²) in [6, 6.07) is 8.67. The monoisotopic (exact) mass is 396 g/mol. The maximum absolute atomic E-state index is 13.1. The van der Waals surface area contributed by atoms with Crippen LogP contribution in [0.2, 0.25) is 0 Å². The normalized spacial score (nSPS) is 10.8. The van der Waals surface area contributed by atoms with Gasteiger partial charge in [0.15, 0.2) is 5.69 Å². The number of nitrogens with one attached hydrogen (secondary N) is 1. The first-order chi connectivity index (χ1) is 14.0. The van der Waals surface area contributed by atoms with Gasteiger partial charge in [-0.3, -0.25) is 19.1 Å². The van der Waals surface area contributed by atoms with Crippen molar-refractivity contribution >= 4 is 17.4 Å². The minimum absolute atomic E-state index is 0.00411. The van der Waals surface area contributed by atoms with Gasteiger partial charge in [0.05, 0.1) is 5.69 Å². The van der Waals surface area contributed by atoms with Crippen LogP contribution in [-0.2, 0) is 6.54 Å². The summed E-state index contributed by atoms with van der Waals surface area (Å²) >= 11 is 0. The molecule has 0 atom stereocenters. The fraction of sp³-hybridized carbons (Fsp3) is 0.300. The van der Waals surface area contributed by atoms with Gasteiger partial charge in [0, 0.05) is 31.0 Å². The standard InChI is InChI=1S/C20H24N6O3/c1-3-5-12-25-17(21)16(18(27)23-20(25)29)24(4-2)19(28)14-7-9-15(10-8-14)26-13-6-11-22-26/h6-11,13H,3-5,12,21H2,1-2H3,(H,23,27,29). The lowest BCUT2D eigenvalue weighted by Gasteiger charge is -2.23. The second-order valence-corrected chi connectivity index (χ2v) is 6.55. The molecule has 1 aromatic carbocycles. The zero-order valence-electron chi connectivity index (χ0n) is 16.5. The predicted octanol–water partition coefficient (Wildman–Crippen LogP) is 1.77. The van der Waals surface area contributed by atoms with Crippen LogP contribution in [0.4, 0.5) is 11.5 Å². The summed E-state index contributed by atoms with van der Waals surface area (Å²) in [4.78, 5) is 41.3. The molecule has 9 heteroatoms. The van der Waals surface area contributed by atoms with Gasteiger partial charge in [-0.15, -0.1) is 0 Å². The van der Waals surface area contributed by atoms with E-state index in [0.29, 0.717) is 12.1 Å². The number of amides is 1. The molecule has 0 radical (unpaired) electrons. The van der Waals surface area contributed by atoms with Crippen LogP contribution in [0.25, 0.3) is 5.69 Å². The first-order valence-corrected chi connectivity index (χ1v) is 9.52. The Hall–Kier alpha value is -3.62. The molecule has 0 unspecified atom stereocenters. The molecule has 1 amide bonds. The summed E-state index contributed by atoms with van der Waals surface area (Å²) < 4.78 is 2.98. The quantitative estimate of drug-likeness (QED) is 0.631. The van der Waals surface area contributed by atoms with Gasteiger partial charge in [-0.2, -0.15) is 5.10 Å². The first kappa shape index (κ1) is 20.1. The number of nitrogens with zero attached hydrogens (tertiary/aromatic N) is 4. The third kappa shape index (κ3) is 3.98. The van der Waals surface area contributed by atoms with Crippen LogP contribution in [0.5, 0.6) is 0 Å². The van der Waals surface area contributed by atoms with E-state index in [9.17, 15) is 14.4 Å². The van der Waals surface area contributed by atoms with Gasteiger partial charge in [-0.1, -0.05) is 13.3 Å². The molecule has 0 saturated carbocycles. The Morgan fingerprint density at radius 2 is 1.93 bits per heavy atom. The highest BCUT2D eigenvalue weighted by atomic mass is 16.2. The number of nitrogen functional groups attached to an aromatic ring is 1. The van der Waals surface area contributed by atoms with Crippen LogP contribution in [0, 0.1) is 0 Å². The maximum Gasteiger partial charge on any atom is 0.330 e. The topological polar surface area (TPSA) is 119 Å². The van der Waals surface area contributed by atoms with Gasteiger partial charge in [0.1, 0.15) is 5.82 Å². The van der Waals surface area contributed by atoms with E-state index in [1.807, 2.05) is 6.92 Å². The van der Waals surface area contributed by atoms with E-state index in [1.165, 1.54) is 9.47 Å². The minimum Gasteiger partial charge on any atom is -0.383 e. The van der Waals surface area contributed by atoms with E-state index in [4.69, 9.17) is 5.73 Å². The van der Waals surface area contributed by atoms with E-state index in [1.54, 1.807) is 54.3 Å². The van der Waals surface area contributed by atoms with Crippen LogP contribution in [-0.4, -0.2) is 31.8 Å². The van der Waals surface area contributed by atoms with Gasteiger partial charge < -0.3 is 10.6 Å². The van der Waals surface area contributed by atoms with Crippen LogP contribution in [0.15, 0.2) is 52.3 Å². The molecule has 0 fully saturated rings. The average molecular weight is 396 g/mol. The van der Waals surface area contributed by atoms with Crippen molar-refractivity contribution in [2.75, 3.05) is 17.2 Å². The summed E-state index contributed by atoms with van der Waals surface area (Å²) in [5.41, 5.74) is 6.09. The summed E-state index contributed by atoms with van der Waals surface area (Å²) in [6.07, 6.45) is 5.05. The van der Waals surface area contributed by atoms with Crippen LogP contribution in [0.3, 0.4) is 0 Å². The van der Waals surface area contributed by atoms with Crippen molar-refractivity contribution in [1.29, 1.82) is 0 Å². The Labute approximate surface area is 167 Å². The van der Waals surface area contributed by atoms with E-state index >= 15 is 0 Å². The number of carbonyl (C=O) groups is 1. The van der Waals surface area contributed by atoms with Gasteiger partial charge in [-0.25, -0.2) is 9.48 Å². The SMILES string of the molecule is CCCCn1c(N)c(N(CC)C(=O)c2ccc(-n3cccn3)cc2)c(=O)[nH]c1=O. The van der Waals surface area contributed by atoms with Crippen LogP contribution >= 0.6 is 0 Å². The third-order valence-electron chi connectivity index (χ3n) is 4.66. The van der Waals surface area contributed by atoms with Crippen molar-refractivity contribution in [2.45, 2.75) is 33.2 Å². The van der Waals surface area contributed by atoms with Crippen molar-refractivity contribution in [2.24, 2.45) is 0 Å². The van der Waals surface area contributed by atoms with E-state index < -0.39 is 11.2 Å². The minimum atomic E-state index is -0.677. The Morgan fingerprint density at radius 3 is 2.52 bits per heavy atom. The molecule has 3 aromatic rings. The zero-order chi connectivity index (χ0) is 21.0.